The standard InChI is InChI=1S/C29H31N7O6/c1-39-12-10-31-21-14-24(32-16-20(21)15-30)33-28(37)35-11-6-7-18-13-19(25(34-26(18)35)27(40-2)41-3)17-36-22-8-4-5-9-23(22)42-29(36)38/h4-5,8-9,13-14,16,27H,6-7,10-12,17H2,1-3H3,(H2,31,32,33,37). The minimum atomic E-state index is -0.841. The summed E-state index contributed by atoms with van der Waals surface area (Å²) in [6.07, 6.45) is 1.96. The Kier molecular flexibility index (Phi) is 8.77. The van der Waals surface area contributed by atoms with Gasteiger partial charge >= 0.3 is 11.8 Å². The summed E-state index contributed by atoms with van der Waals surface area (Å²) in [6.45, 7) is 1.54. The van der Waals surface area contributed by atoms with E-state index in [1.54, 1.807) is 30.2 Å². The third-order valence-corrected chi connectivity index (χ3v) is 6.95. The number of fused-ring (bicyclic) bond motifs is 2. The van der Waals surface area contributed by atoms with Crippen LogP contribution in [0.15, 0.2) is 51.8 Å². The van der Waals surface area contributed by atoms with Crippen molar-refractivity contribution >= 4 is 34.5 Å². The number of ether oxygens (including phenoxy) is 3. The fraction of sp³-hybridized carbons (Fsp3) is 0.345. The van der Waals surface area contributed by atoms with Crippen LogP contribution in [0.2, 0.25) is 0 Å². The number of benzene rings is 1. The highest BCUT2D eigenvalue weighted by Crippen LogP contribution is 2.32. The molecular formula is C29H31N7O6. The molecule has 218 valence electrons. The summed E-state index contributed by atoms with van der Waals surface area (Å²) in [5, 5.41) is 15.4. The second-order valence-corrected chi connectivity index (χ2v) is 9.57. The Balaban J connectivity index is 1.47. The molecule has 0 atom stereocenters. The summed E-state index contributed by atoms with van der Waals surface area (Å²) in [4.78, 5) is 36.9. The van der Waals surface area contributed by atoms with Crippen LogP contribution in [-0.4, -0.2) is 61.6 Å². The lowest BCUT2D eigenvalue weighted by molar-refractivity contribution is -0.109. The maximum absolute atomic E-state index is 13.5. The van der Waals surface area contributed by atoms with E-state index in [9.17, 15) is 14.9 Å². The van der Waals surface area contributed by atoms with Crippen molar-refractivity contribution in [2.45, 2.75) is 25.7 Å². The van der Waals surface area contributed by atoms with E-state index in [1.807, 2.05) is 18.2 Å². The fourth-order valence-corrected chi connectivity index (χ4v) is 4.96. The van der Waals surface area contributed by atoms with E-state index in [0.717, 1.165) is 5.56 Å². The molecule has 1 aromatic carbocycles. The van der Waals surface area contributed by atoms with Gasteiger partial charge in [0.15, 0.2) is 5.58 Å². The van der Waals surface area contributed by atoms with Gasteiger partial charge in [0, 0.05) is 46.7 Å². The Morgan fingerprint density at radius 1 is 1.21 bits per heavy atom. The Hall–Kier alpha value is -4.77. The van der Waals surface area contributed by atoms with Gasteiger partial charge in [-0.1, -0.05) is 12.1 Å². The molecule has 13 nitrogen and oxygen atoms in total. The SMILES string of the molecule is COCCNc1cc(NC(=O)N2CCCc3cc(Cn4c(=O)oc5ccccc54)c(C(OC)OC)nc32)ncc1C#N. The molecule has 0 fully saturated rings. The number of hydrogen-bond donors (Lipinski definition) is 2. The Labute approximate surface area is 241 Å². The van der Waals surface area contributed by atoms with Crippen molar-refractivity contribution in [2.75, 3.05) is 56.6 Å². The maximum Gasteiger partial charge on any atom is 0.420 e. The number of nitriles is 1. The number of rotatable bonds is 10. The van der Waals surface area contributed by atoms with E-state index < -0.39 is 18.1 Å². The summed E-state index contributed by atoms with van der Waals surface area (Å²) in [5.74, 6) is 0.257. The van der Waals surface area contributed by atoms with Gasteiger partial charge in [0.2, 0.25) is 6.29 Å². The van der Waals surface area contributed by atoms with Crippen molar-refractivity contribution in [1.82, 2.24) is 14.5 Å². The quantitative estimate of drug-likeness (QED) is 0.212. The summed E-state index contributed by atoms with van der Waals surface area (Å²) >= 11 is 0. The van der Waals surface area contributed by atoms with Gasteiger partial charge in [0.1, 0.15) is 23.4 Å². The molecule has 4 heterocycles. The van der Waals surface area contributed by atoms with Crippen LogP contribution in [0.1, 0.15) is 35.1 Å². The van der Waals surface area contributed by atoms with Crippen LogP contribution < -0.4 is 21.3 Å². The van der Waals surface area contributed by atoms with Crippen LogP contribution in [0.25, 0.3) is 11.1 Å². The van der Waals surface area contributed by atoms with E-state index in [4.69, 9.17) is 23.6 Å². The number of hydrogen-bond acceptors (Lipinski definition) is 10. The predicted molar refractivity (Wildman–Crippen MR) is 155 cm³/mol. The van der Waals surface area contributed by atoms with E-state index >= 15 is 0 Å². The summed E-state index contributed by atoms with van der Waals surface area (Å²) in [5.41, 5.74) is 4.02. The van der Waals surface area contributed by atoms with Crippen molar-refractivity contribution in [3.63, 3.8) is 0 Å². The topological polar surface area (TPSA) is 157 Å². The number of oxazole rings is 1. The van der Waals surface area contributed by atoms with Gasteiger partial charge in [0.25, 0.3) is 0 Å². The molecule has 4 aromatic rings. The van der Waals surface area contributed by atoms with Crippen LogP contribution >= 0.6 is 0 Å². The minimum Gasteiger partial charge on any atom is -0.408 e. The molecule has 0 unspecified atom stereocenters. The predicted octanol–water partition coefficient (Wildman–Crippen LogP) is 3.64. The van der Waals surface area contributed by atoms with Crippen LogP contribution in [0.4, 0.5) is 22.1 Å². The Morgan fingerprint density at radius 3 is 2.79 bits per heavy atom. The highest BCUT2D eigenvalue weighted by Gasteiger charge is 2.29. The third kappa shape index (κ3) is 5.82. The molecule has 0 saturated carbocycles. The number of amides is 2. The number of aromatic nitrogens is 3. The first-order valence-corrected chi connectivity index (χ1v) is 13.4. The number of methoxy groups -OCH3 is 3. The van der Waals surface area contributed by atoms with Crippen LogP contribution in [0, 0.1) is 11.3 Å². The first kappa shape index (κ1) is 28.7. The molecule has 2 amide bonds. The van der Waals surface area contributed by atoms with Crippen molar-refractivity contribution in [3.05, 3.63) is 75.5 Å². The molecule has 0 radical (unpaired) electrons. The summed E-state index contributed by atoms with van der Waals surface area (Å²) < 4.78 is 23.1. The van der Waals surface area contributed by atoms with E-state index in [2.05, 4.69) is 21.7 Å². The minimum absolute atomic E-state index is 0.175. The Bertz CT molecular complexity index is 1690. The van der Waals surface area contributed by atoms with Crippen molar-refractivity contribution < 1.29 is 23.4 Å². The first-order valence-electron chi connectivity index (χ1n) is 13.4. The molecule has 13 heteroatoms. The number of pyridine rings is 2. The molecule has 0 aliphatic carbocycles. The normalized spacial score (nSPS) is 12.8. The molecular weight excluding hydrogens is 542 g/mol. The molecule has 5 rings (SSSR count). The second kappa shape index (κ2) is 12.8. The number of aryl methyl sites for hydroxylation is 1. The van der Waals surface area contributed by atoms with Crippen LogP contribution in [0.5, 0.6) is 0 Å². The highest BCUT2D eigenvalue weighted by atomic mass is 16.7. The smallest absolute Gasteiger partial charge is 0.408 e. The number of nitrogens with one attached hydrogen (secondary N) is 2. The maximum atomic E-state index is 13.5. The van der Waals surface area contributed by atoms with Gasteiger partial charge < -0.3 is 23.9 Å². The van der Waals surface area contributed by atoms with Gasteiger partial charge in [-0.25, -0.2) is 19.6 Å². The van der Waals surface area contributed by atoms with Crippen LogP contribution in [0.3, 0.4) is 0 Å². The number of carbonyl (C=O) groups excluding carboxylic acids is 1. The number of carbonyl (C=O) groups is 1. The lowest BCUT2D eigenvalue weighted by Crippen LogP contribution is -2.40. The van der Waals surface area contributed by atoms with E-state index in [1.165, 1.54) is 25.0 Å². The monoisotopic (exact) mass is 573 g/mol. The number of para-hydroxylation sites is 2. The molecule has 3 aromatic heterocycles. The largest absolute Gasteiger partial charge is 0.420 e. The second-order valence-electron chi connectivity index (χ2n) is 9.57. The highest BCUT2D eigenvalue weighted by molar-refractivity contribution is 6.01. The zero-order valence-electron chi connectivity index (χ0n) is 23.5. The first-order chi connectivity index (χ1) is 20.5. The van der Waals surface area contributed by atoms with Gasteiger partial charge in [0.05, 0.1) is 29.9 Å². The van der Waals surface area contributed by atoms with Gasteiger partial charge in [-0.05, 0) is 42.2 Å². The molecule has 0 spiro atoms. The van der Waals surface area contributed by atoms with Crippen molar-refractivity contribution in [3.8, 4) is 6.07 Å². The van der Waals surface area contributed by atoms with Crippen molar-refractivity contribution in [1.29, 1.82) is 5.26 Å². The lowest BCUT2D eigenvalue weighted by Gasteiger charge is -2.30. The molecule has 1 aliphatic heterocycles. The number of urea groups is 1. The summed E-state index contributed by atoms with van der Waals surface area (Å²) in [7, 11) is 4.58. The molecule has 42 heavy (non-hydrogen) atoms. The summed E-state index contributed by atoms with van der Waals surface area (Å²) in [6, 6.07) is 12.4. The fourth-order valence-electron chi connectivity index (χ4n) is 4.96. The van der Waals surface area contributed by atoms with Gasteiger partial charge in [-0.2, -0.15) is 5.26 Å². The van der Waals surface area contributed by atoms with Gasteiger partial charge in [-0.3, -0.25) is 14.8 Å². The third-order valence-electron chi connectivity index (χ3n) is 6.95. The molecule has 0 bridgehead atoms. The Morgan fingerprint density at radius 2 is 2.02 bits per heavy atom. The van der Waals surface area contributed by atoms with E-state index in [0.29, 0.717) is 72.0 Å². The zero-order valence-corrected chi connectivity index (χ0v) is 23.5. The van der Waals surface area contributed by atoms with Gasteiger partial charge in [-0.15, -0.1) is 0 Å². The molecule has 0 saturated heterocycles. The zero-order chi connectivity index (χ0) is 29.6. The average molecular weight is 574 g/mol. The van der Waals surface area contributed by atoms with Crippen molar-refractivity contribution in [2.24, 2.45) is 0 Å². The number of anilines is 3. The molecule has 2 N–H and O–H groups in total. The van der Waals surface area contributed by atoms with E-state index in [-0.39, 0.29) is 12.4 Å². The van der Waals surface area contributed by atoms with Crippen LogP contribution in [-0.2, 0) is 27.2 Å². The average Bonchev–Trinajstić information content (AvgIpc) is 3.32. The lowest BCUT2D eigenvalue weighted by atomic mass is 10.0. The number of nitrogens with zero attached hydrogens (tertiary/aromatic N) is 5. The molecule has 1 aliphatic rings.